The van der Waals surface area contributed by atoms with Crippen molar-refractivity contribution in [1.29, 1.82) is 0 Å². The van der Waals surface area contributed by atoms with Crippen molar-refractivity contribution in [1.82, 2.24) is 24.6 Å². The molecule has 8 heteroatoms. The topological polar surface area (TPSA) is 63.9 Å². The predicted octanol–water partition coefficient (Wildman–Crippen LogP) is 3.34. The van der Waals surface area contributed by atoms with Gasteiger partial charge in [-0.05, 0) is 23.6 Å². The maximum absolute atomic E-state index is 12.4. The molecule has 0 radical (unpaired) electrons. The molecule has 134 valence electrons. The quantitative estimate of drug-likeness (QED) is 0.440. The van der Waals surface area contributed by atoms with Crippen LogP contribution in [0.4, 0.5) is 0 Å². The van der Waals surface area contributed by atoms with Crippen LogP contribution in [-0.2, 0) is 17.9 Å². The Kier molecular flexibility index (Phi) is 6.19. The van der Waals surface area contributed by atoms with E-state index in [9.17, 15) is 4.79 Å². The van der Waals surface area contributed by atoms with Gasteiger partial charge in [-0.2, -0.15) is 0 Å². The molecule has 0 fully saturated rings. The first-order valence-corrected chi connectivity index (χ1v) is 9.89. The zero-order valence-electron chi connectivity index (χ0n) is 14.4. The molecule has 0 atom stereocenters. The van der Waals surface area contributed by atoms with Crippen LogP contribution in [0.5, 0.6) is 0 Å². The van der Waals surface area contributed by atoms with Gasteiger partial charge in [-0.25, -0.2) is 0 Å². The van der Waals surface area contributed by atoms with Gasteiger partial charge < -0.3 is 4.90 Å². The normalized spacial score (nSPS) is 10.7. The first-order valence-electron chi connectivity index (χ1n) is 8.02. The summed E-state index contributed by atoms with van der Waals surface area (Å²) in [6.07, 6.45) is 5.24. The summed E-state index contributed by atoms with van der Waals surface area (Å²) < 4.78 is 1.96. The molecule has 0 aromatic carbocycles. The molecule has 6 nitrogen and oxygen atoms in total. The van der Waals surface area contributed by atoms with E-state index in [1.807, 2.05) is 41.3 Å². The number of hydrogen-bond donors (Lipinski definition) is 0. The highest BCUT2D eigenvalue weighted by Crippen LogP contribution is 2.24. The lowest BCUT2D eigenvalue weighted by atomic mass is 10.2. The fourth-order valence-corrected chi connectivity index (χ4v) is 4.01. The summed E-state index contributed by atoms with van der Waals surface area (Å²) in [6.45, 7) is 5.00. The van der Waals surface area contributed by atoms with Gasteiger partial charge in [-0.3, -0.25) is 14.3 Å². The highest BCUT2D eigenvalue weighted by atomic mass is 32.2. The van der Waals surface area contributed by atoms with Crippen molar-refractivity contribution in [2.24, 2.45) is 0 Å². The smallest absolute Gasteiger partial charge is 0.233 e. The van der Waals surface area contributed by atoms with Crippen molar-refractivity contribution < 1.29 is 4.79 Å². The molecule has 0 aliphatic heterocycles. The van der Waals surface area contributed by atoms with Crippen molar-refractivity contribution in [2.75, 3.05) is 12.8 Å². The Morgan fingerprint density at radius 2 is 2.15 bits per heavy atom. The van der Waals surface area contributed by atoms with Gasteiger partial charge in [0.05, 0.1) is 12.3 Å². The Bertz CT molecular complexity index is 861. The molecule has 3 heterocycles. The molecule has 0 unspecified atom stereocenters. The number of pyridine rings is 1. The number of hydrogen-bond acceptors (Lipinski definition) is 6. The van der Waals surface area contributed by atoms with E-state index >= 15 is 0 Å². The lowest BCUT2D eigenvalue weighted by Crippen LogP contribution is -2.27. The van der Waals surface area contributed by atoms with Crippen molar-refractivity contribution in [2.45, 2.75) is 18.2 Å². The molecule has 3 aromatic rings. The summed E-state index contributed by atoms with van der Waals surface area (Å²) in [6, 6.07) is 7.80. The first-order chi connectivity index (χ1) is 12.7. The van der Waals surface area contributed by atoms with E-state index in [0.717, 1.165) is 11.4 Å². The van der Waals surface area contributed by atoms with Gasteiger partial charge in [0.1, 0.15) is 0 Å². The number of nitrogens with zero attached hydrogens (tertiary/aromatic N) is 5. The zero-order valence-corrected chi connectivity index (χ0v) is 16.0. The molecule has 26 heavy (non-hydrogen) atoms. The van der Waals surface area contributed by atoms with Gasteiger partial charge in [0.15, 0.2) is 11.0 Å². The van der Waals surface area contributed by atoms with E-state index in [1.165, 1.54) is 16.6 Å². The van der Waals surface area contributed by atoms with Crippen LogP contribution in [0.15, 0.2) is 59.9 Å². The van der Waals surface area contributed by atoms with Crippen molar-refractivity contribution in [3.05, 3.63) is 59.6 Å². The fraction of sp³-hybridized carbons (Fsp3) is 0.222. The third-order valence-electron chi connectivity index (χ3n) is 3.69. The minimum absolute atomic E-state index is 0.0574. The molecule has 0 saturated carbocycles. The molecule has 1 amide bonds. The minimum Gasteiger partial charge on any atom is -0.340 e. The lowest BCUT2D eigenvalue weighted by molar-refractivity contribution is -0.127. The average Bonchev–Trinajstić information content (AvgIpc) is 3.31. The van der Waals surface area contributed by atoms with Crippen LogP contribution in [0, 0.1) is 0 Å². The number of carbonyl (C=O) groups excluding carboxylic acids is 1. The van der Waals surface area contributed by atoms with Gasteiger partial charge in [0.25, 0.3) is 0 Å². The van der Waals surface area contributed by atoms with Crippen LogP contribution in [0.1, 0.15) is 4.88 Å². The Labute approximate surface area is 160 Å². The van der Waals surface area contributed by atoms with E-state index in [0.29, 0.717) is 24.0 Å². The summed E-state index contributed by atoms with van der Waals surface area (Å²) in [7, 11) is 1.82. The van der Waals surface area contributed by atoms with Crippen molar-refractivity contribution in [3.8, 4) is 11.4 Å². The molecule has 0 aliphatic carbocycles. The van der Waals surface area contributed by atoms with Crippen LogP contribution in [0.3, 0.4) is 0 Å². The third-order valence-corrected chi connectivity index (χ3v) is 5.50. The van der Waals surface area contributed by atoms with Crippen LogP contribution < -0.4 is 0 Å². The number of rotatable bonds is 8. The number of thiophene rings is 1. The predicted molar refractivity (Wildman–Crippen MR) is 105 cm³/mol. The summed E-state index contributed by atoms with van der Waals surface area (Å²) in [4.78, 5) is 19.3. The number of amides is 1. The fourth-order valence-electron chi connectivity index (χ4n) is 2.36. The molecule has 0 bridgehead atoms. The molecular weight excluding hydrogens is 366 g/mol. The Morgan fingerprint density at radius 3 is 2.85 bits per heavy atom. The van der Waals surface area contributed by atoms with E-state index in [-0.39, 0.29) is 5.91 Å². The van der Waals surface area contributed by atoms with Crippen LogP contribution in [0.2, 0.25) is 0 Å². The van der Waals surface area contributed by atoms with Crippen LogP contribution in [0.25, 0.3) is 11.4 Å². The zero-order chi connectivity index (χ0) is 18.4. The SMILES string of the molecule is C=CCn1c(SCC(=O)N(C)Cc2cccs2)nnc1-c1ccncc1. The summed E-state index contributed by atoms with van der Waals surface area (Å²) in [5.41, 5.74) is 0.933. The largest absolute Gasteiger partial charge is 0.340 e. The van der Waals surface area contributed by atoms with Gasteiger partial charge in [0, 0.05) is 36.4 Å². The van der Waals surface area contributed by atoms with Gasteiger partial charge in [-0.1, -0.05) is 23.9 Å². The Hall–Kier alpha value is -2.45. The van der Waals surface area contributed by atoms with Crippen LogP contribution in [-0.4, -0.2) is 43.4 Å². The highest BCUT2D eigenvalue weighted by molar-refractivity contribution is 7.99. The Balaban J connectivity index is 1.68. The first kappa shape index (κ1) is 18.3. The molecule has 3 rings (SSSR count). The molecule has 0 spiro atoms. The Morgan fingerprint density at radius 1 is 1.35 bits per heavy atom. The molecule has 0 aliphatic rings. The van der Waals surface area contributed by atoms with Crippen LogP contribution >= 0.6 is 23.1 Å². The van der Waals surface area contributed by atoms with E-state index in [4.69, 9.17) is 0 Å². The standard InChI is InChI=1S/C18H19N5OS2/c1-3-10-23-17(14-6-8-19-9-7-14)20-21-18(23)26-13-16(24)22(2)12-15-5-4-11-25-15/h3-9,11H,1,10,12-13H2,2H3. The van der Waals surface area contributed by atoms with Crippen molar-refractivity contribution in [3.63, 3.8) is 0 Å². The second-order valence-electron chi connectivity index (χ2n) is 5.56. The number of thioether (sulfide) groups is 1. The average molecular weight is 386 g/mol. The van der Waals surface area contributed by atoms with Gasteiger partial charge in [-0.15, -0.1) is 28.1 Å². The van der Waals surface area contributed by atoms with Gasteiger partial charge >= 0.3 is 0 Å². The maximum atomic E-state index is 12.4. The summed E-state index contributed by atoms with van der Waals surface area (Å²) in [5.74, 6) is 1.12. The molecule has 0 saturated heterocycles. The molecule has 3 aromatic heterocycles. The monoisotopic (exact) mass is 385 g/mol. The summed E-state index contributed by atoms with van der Waals surface area (Å²) >= 11 is 3.04. The third kappa shape index (κ3) is 4.39. The lowest BCUT2D eigenvalue weighted by Gasteiger charge is -2.16. The highest BCUT2D eigenvalue weighted by Gasteiger charge is 2.16. The van der Waals surface area contributed by atoms with E-state index in [1.54, 1.807) is 34.7 Å². The van der Waals surface area contributed by atoms with E-state index in [2.05, 4.69) is 21.8 Å². The minimum atomic E-state index is 0.0574. The molecular formula is C18H19N5OS2. The summed E-state index contributed by atoms with van der Waals surface area (Å²) in [5, 5.41) is 11.3. The van der Waals surface area contributed by atoms with Gasteiger partial charge in [0.2, 0.25) is 5.91 Å². The number of allylic oxidation sites excluding steroid dienone is 1. The second-order valence-corrected chi connectivity index (χ2v) is 7.53. The number of carbonyl (C=O) groups is 1. The number of aromatic nitrogens is 4. The van der Waals surface area contributed by atoms with E-state index < -0.39 is 0 Å². The maximum Gasteiger partial charge on any atom is 0.233 e. The van der Waals surface area contributed by atoms with Crippen molar-refractivity contribution >= 4 is 29.0 Å². The molecule has 0 N–H and O–H groups in total. The second kappa shape index (κ2) is 8.77.